The van der Waals surface area contributed by atoms with Crippen molar-refractivity contribution in [2.75, 3.05) is 17.8 Å². The Kier molecular flexibility index (Phi) is 6.35. The smallest absolute Gasteiger partial charge is 0.411 e. The first kappa shape index (κ1) is 15.6. The van der Waals surface area contributed by atoms with Crippen LogP contribution in [0.15, 0.2) is 42.5 Å². The number of hydrogen-bond acceptors (Lipinski definition) is 2. The summed E-state index contributed by atoms with van der Waals surface area (Å²) >= 11 is 5.61. The molecule has 0 saturated heterocycles. The Bertz CT molecular complexity index is 581. The Hall–Kier alpha value is -1.74. The summed E-state index contributed by atoms with van der Waals surface area (Å²) in [6.45, 7) is 0.443. The van der Waals surface area contributed by atoms with E-state index in [2.05, 4.69) is 5.32 Å². The highest BCUT2D eigenvalue weighted by atomic mass is 35.5. The Morgan fingerprint density at radius 3 is 2.62 bits per heavy atom. The average molecular weight is 306 g/mol. The van der Waals surface area contributed by atoms with Gasteiger partial charge in [0.05, 0.1) is 12.3 Å². The highest BCUT2D eigenvalue weighted by Crippen LogP contribution is 2.22. The van der Waals surface area contributed by atoms with E-state index >= 15 is 0 Å². The molecular formula is C17H20ClNO2. The molecule has 0 aliphatic heterocycles. The van der Waals surface area contributed by atoms with Gasteiger partial charge in [0, 0.05) is 11.3 Å². The number of amides is 1. The third kappa shape index (κ3) is 4.94. The molecule has 0 saturated carbocycles. The number of carbonyl (C=O) groups excluding carboxylic acids is 1. The van der Waals surface area contributed by atoms with Crippen LogP contribution in [0.1, 0.15) is 25.7 Å². The standard InChI is InChI=1S/C17H20ClNO2/c18-12-5-1-2-6-13-21-17(20)19-16-11-7-9-14-8-3-4-10-15(14)16/h3-4,7-11H,1-2,5-6,12-13H2,(H,19,20). The molecule has 3 nitrogen and oxygen atoms in total. The van der Waals surface area contributed by atoms with Gasteiger partial charge in [0.2, 0.25) is 0 Å². The molecule has 0 aromatic heterocycles. The fourth-order valence-corrected chi connectivity index (χ4v) is 2.38. The normalized spacial score (nSPS) is 10.5. The number of alkyl halides is 1. The number of hydrogen-bond donors (Lipinski definition) is 1. The topological polar surface area (TPSA) is 38.3 Å². The van der Waals surface area contributed by atoms with Gasteiger partial charge in [0.1, 0.15) is 0 Å². The molecule has 0 spiro atoms. The minimum absolute atomic E-state index is 0.399. The molecule has 0 aliphatic carbocycles. The Morgan fingerprint density at radius 1 is 1.00 bits per heavy atom. The summed E-state index contributed by atoms with van der Waals surface area (Å²) in [5.41, 5.74) is 0.778. The number of unbranched alkanes of at least 4 members (excludes halogenated alkanes) is 3. The molecule has 0 atom stereocenters. The predicted molar refractivity (Wildman–Crippen MR) is 88.1 cm³/mol. The SMILES string of the molecule is O=C(Nc1cccc2ccccc12)OCCCCCCCl. The molecule has 0 unspecified atom stereocenters. The highest BCUT2D eigenvalue weighted by molar-refractivity contribution is 6.17. The van der Waals surface area contributed by atoms with Crippen LogP contribution in [0.3, 0.4) is 0 Å². The van der Waals surface area contributed by atoms with Crippen LogP contribution in [-0.2, 0) is 4.74 Å². The Balaban J connectivity index is 1.82. The number of carbonyl (C=O) groups is 1. The maximum atomic E-state index is 11.8. The largest absolute Gasteiger partial charge is 0.449 e. The molecule has 0 fully saturated rings. The summed E-state index contributed by atoms with van der Waals surface area (Å²) in [5.74, 6) is 0.697. The second-order valence-electron chi connectivity index (χ2n) is 4.89. The van der Waals surface area contributed by atoms with Gasteiger partial charge >= 0.3 is 6.09 Å². The molecule has 21 heavy (non-hydrogen) atoms. The summed E-state index contributed by atoms with van der Waals surface area (Å²) in [6, 6.07) is 13.7. The van der Waals surface area contributed by atoms with Crippen molar-refractivity contribution in [2.45, 2.75) is 25.7 Å². The number of anilines is 1. The van der Waals surface area contributed by atoms with E-state index in [9.17, 15) is 4.79 Å². The van der Waals surface area contributed by atoms with Gasteiger partial charge in [-0.15, -0.1) is 11.6 Å². The number of benzene rings is 2. The number of fused-ring (bicyclic) bond motifs is 1. The van der Waals surface area contributed by atoms with Crippen molar-refractivity contribution in [3.63, 3.8) is 0 Å². The van der Waals surface area contributed by atoms with Crippen LogP contribution in [0.2, 0.25) is 0 Å². The Labute approximate surface area is 130 Å². The van der Waals surface area contributed by atoms with Crippen molar-refractivity contribution in [3.8, 4) is 0 Å². The van der Waals surface area contributed by atoms with Crippen molar-refractivity contribution >= 4 is 34.2 Å². The molecule has 0 aliphatic rings. The lowest BCUT2D eigenvalue weighted by molar-refractivity contribution is 0.159. The van der Waals surface area contributed by atoms with E-state index in [1.807, 2.05) is 42.5 Å². The number of nitrogens with one attached hydrogen (secondary N) is 1. The molecule has 2 aromatic rings. The van der Waals surface area contributed by atoms with E-state index in [1.165, 1.54) is 0 Å². The second kappa shape index (κ2) is 8.53. The van der Waals surface area contributed by atoms with Crippen LogP contribution in [0, 0.1) is 0 Å². The molecule has 2 aromatic carbocycles. The van der Waals surface area contributed by atoms with Gasteiger partial charge in [-0.1, -0.05) is 49.2 Å². The molecular weight excluding hydrogens is 286 g/mol. The first-order valence-corrected chi connectivity index (χ1v) is 7.82. The fourth-order valence-electron chi connectivity index (χ4n) is 2.20. The van der Waals surface area contributed by atoms with Crippen molar-refractivity contribution < 1.29 is 9.53 Å². The molecule has 0 bridgehead atoms. The van der Waals surface area contributed by atoms with E-state index in [0.29, 0.717) is 12.5 Å². The van der Waals surface area contributed by atoms with Gasteiger partial charge in [-0.2, -0.15) is 0 Å². The Morgan fingerprint density at radius 2 is 1.76 bits per heavy atom. The van der Waals surface area contributed by atoms with Gasteiger partial charge in [0.15, 0.2) is 0 Å². The summed E-state index contributed by atoms with van der Waals surface area (Å²) in [5, 5.41) is 4.91. The van der Waals surface area contributed by atoms with Gasteiger partial charge in [0.25, 0.3) is 0 Å². The minimum Gasteiger partial charge on any atom is -0.449 e. The van der Waals surface area contributed by atoms with E-state index < -0.39 is 6.09 Å². The van der Waals surface area contributed by atoms with Gasteiger partial charge < -0.3 is 4.74 Å². The highest BCUT2D eigenvalue weighted by Gasteiger charge is 2.05. The molecule has 0 radical (unpaired) electrons. The van der Waals surface area contributed by atoms with E-state index in [1.54, 1.807) is 0 Å². The van der Waals surface area contributed by atoms with Gasteiger partial charge in [-0.25, -0.2) is 4.79 Å². The first-order chi connectivity index (χ1) is 10.3. The lowest BCUT2D eigenvalue weighted by Crippen LogP contribution is -2.14. The number of ether oxygens (including phenoxy) is 1. The van der Waals surface area contributed by atoms with Crippen molar-refractivity contribution in [2.24, 2.45) is 0 Å². The third-order valence-corrected chi connectivity index (χ3v) is 3.55. The van der Waals surface area contributed by atoms with Gasteiger partial charge in [-0.3, -0.25) is 5.32 Å². The van der Waals surface area contributed by atoms with Gasteiger partial charge in [-0.05, 0) is 24.3 Å². The average Bonchev–Trinajstić information content (AvgIpc) is 2.51. The monoisotopic (exact) mass is 305 g/mol. The molecule has 1 amide bonds. The van der Waals surface area contributed by atoms with E-state index in [0.717, 1.165) is 42.1 Å². The molecule has 4 heteroatoms. The van der Waals surface area contributed by atoms with Crippen LogP contribution in [0.25, 0.3) is 10.8 Å². The zero-order chi connectivity index (χ0) is 14.9. The molecule has 1 N–H and O–H groups in total. The summed E-state index contributed by atoms with van der Waals surface area (Å²) in [7, 11) is 0. The zero-order valence-corrected chi connectivity index (χ0v) is 12.7. The molecule has 0 heterocycles. The second-order valence-corrected chi connectivity index (χ2v) is 5.27. The van der Waals surface area contributed by atoms with Crippen molar-refractivity contribution in [1.82, 2.24) is 0 Å². The van der Waals surface area contributed by atoms with Crippen LogP contribution in [0.5, 0.6) is 0 Å². The minimum atomic E-state index is -0.399. The molecule has 112 valence electrons. The lowest BCUT2D eigenvalue weighted by atomic mass is 10.1. The van der Waals surface area contributed by atoms with Crippen LogP contribution >= 0.6 is 11.6 Å². The predicted octanol–water partition coefficient (Wildman–Crippen LogP) is 5.19. The maximum absolute atomic E-state index is 11.8. The molecule has 2 rings (SSSR count). The zero-order valence-electron chi connectivity index (χ0n) is 12.0. The van der Waals surface area contributed by atoms with E-state index in [4.69, 9.17) is 16.3 Å². The quantitative estimate of drug-likeness (QED) is 0.565. The summed E-state index contributed by atoms with van der Waals surface area (Å²) in [4.78, 5) is 11.8. The summed E-state index contributed by atoms with van der Waals surface area (Å²) in [6.07, 6.45) is 3.61. The van der Waals surface area contributed by atoms with Crippen molar-refractivity contribution in [3.05, 3.63) is 42.5 Å². The van der Waals surface area contributed by atoms with Crippen LogP contribution in [0.4, 0.5) is 10.5 Å². The summed E-state index contributed by atoms with van der Waals surface area (Å²) < 4.78 is 5.19. The first-order valence-electron chi connectivity index (χ1n) is 7.29. The van der Waals surface area contributed by atoms with Crippen molar-refractivity contribution in [1.29, 1.82) is 0 Å². The fraction of sp³-hybridized carbons (Fsp3) is 0.353. The number of halogens is 1. The third-order valence-electron chi connectivity index (χ3n) is 3.29. The maximum Gasteiger partial charge on any atom is 0.411 e. The lowest BCUT2D eigenvalue weighted by Gasteiger charge is -2.09. The number of rotatable bonds is 7. The van der Waals surface area contributed by atoms with Crippen LogP contribution in [-0.4, -0.2) is 18.6 Å². The van der Waals surface area contributed by atoms with Crippen LogP contribution < -0.4 is 5.32 Å². The van der Waals surface area contributed by atoms with E-state index in [-0.39, 0.29) is 0 Å².